The number of halogens is 3. The van der Waals surface area contributed by atoms with E-state index in [0.717, 1.165) is 21.7 Å². The summed E-state index contributed by atoms with van der Waals surface area (Å²) >= 11 is 15.7. The Morgan fingerprint density at radius 2 is 1.94 bits per heavy atom. The van der Waals surface area contributed by atoms with E-state index in [0.29, 0.717) is 16.0 Å². The molecule has 0 atom stereocenters. The van der Waals surface area contributed by atoms with Crippen LogP contribution in [0.15, 0.2) is 28.9 Å². The Bertz CT molecular complexity index is 612. The molecule has 92 valence electrons. The number of rotatable bonds is 2. The highest BCUT2D eigenvalue weighted by Crippen LogP contribution is 2.40. The fourth-order valence-electron chi connectivity index (χ4n) is 1.80. The van der Waals surface area contributed by atoms with E-state index in [-0.39, 0.29) is 0 Å². The Labute approximate surface area is 123 Å². The first-order valence-corrected chi connectivity index (χ1v) is 7.19. The summed E-state index contributed by atoms with van der Waals surface area (Å²) in [7, 11) is 0. The summed E-state index contributed by atoms with van der Waals surface area (Å²) in [6, 6.07) is 7.42. The van der Waals surface area contributed by atoms with Gasteiger partial charge in [-0.25, -0.2) is 9.97 Å². The molecule has 1 fully saturated rings. The maximum Gasteiger partial charge on any atom is 0.133 e. The monoisotopic (exact) mass is 342 g/mol. The van der Waals surface area contributed by atoms with E-state index in [1.807, 2.05) is 18.2 Å². The predicted octanol–water partition coefficient (Wildman–Crippen LogP) is 5.09. The van der Waals surface area contributed by atoms with Gasteiger partial charge in [-0.05, 0) is 40.9 Å². The van der Waals surface area contributed by atoms with Crippen LogP contribution in [0.3, 0.4) is 0 Å². The van der Waals surface area contributed by atoms with E-state index in [1.165, 1.54) is 12.8 Å². The molecule has 18 heavy (non-hydrogen) atoms. The summed E-state index contributed by atoms with van der Waals surface area (Å²) in [5, 5.41) is 1.07. The maximum absolute atomic E-state index is 6.22. The van der Waals surface area contributed by atoms with Crippen molar-refractivity contribution in [2.24, 2.45) is 0 Å². The molecule has 1 heterocycles. The molecular formula is C13H9BrCl2N2. The van der Waals surface area contributed by atoms with Crippen molar-refractivity contribution < 1.29 is 0 Å². The lowest BCUT2D eigenvalue weighted by atomic mass is 10.1. The molecule has 0 aliphatic heterocycles. The van der Waals surface area contributed by atoms with Crippen molar-refractivity contribution in [3.8, 4) is 11.3 Å². The quantitative estimate of drug-likeness (QED) is 0.709. The lowest BCUT2D eigenvalue weighted by molar-refractivity contribution is 0.919. The van der Waals surface area contributed by atoms with E-state index in [2.05, 4.69) is 25.9 Å². The standard InChI is InChI=1S/C13H9BrCl2N2/c14-11-6-10(17-13(18-11)7-4-5-7)8-2-1-3-9(15)12(8)16/h1-3,6-7H,4-5H2. The zero-order chi connectivity index (χ0) is 12.7. The van der Waals surface area contributed by atoms with E-state index in [4.69, 9.17) is 23.2 Å². The van der Waals surface area contributed by atoms with Crippen LogP contribution in [0.2, 0.25) is 10.0 Å². The molecule has 1 aromatic carbocycles. The first-order valence-electron chi connectivity index (χ1n) is 5.64. The van der Waals surface area contributed by atoms with Crippen LogP contribution in [0.25, 0.3) is 11.3 Å². The second kappa shape index (κ2) is 4.80. The third-order valence-electron chi connectivity index (χ3n) is 2.88. The molecule has 1 saturated carbocycles. The summed E-state index contributed by atoms with van der Waals surface area (Å²) in [5.41, 5.74) is 1.65. The normalized spacial score (nSPS) is 14.8. The van der Waals surface area contributed by atoms with Crippen molar-refractivity contribution in [3.05, 3.63) is 44.7 Å². The van der Waals surface area contributed by atoms with Gasteiger partial charge in [0.15, 0.2) is 0 Å². The van der Waals surface area contributed by atoms with Crippen molar-refractivity contribution in [2.75, 3.05) is 0 Å². The van der Waals surface area contributed by atoms with Crippen molar-refractivity contribution in [1.29, 1.82) is 0 Å². The van der Waals surface area contributed by atoms with Crippen molar-refractivity contribution in [1.82, 2.24) is 9.97 Å². The van der Waals surface area contributed by atoms with Gasteiger partial charge in [0.2, 0.25) is 0 Å². The van der Waals surface area contributed by atoms with Crippen LogP contribution in [-0.2, 0) is 0 Å². The van der Waals surface area contributed by atoms with Gasteiger partial charge in [-0.2, -0.15) is 0 Å². The molecule has 1 aromatic heterocycles. The number of hydrogen-bond donors (Lipinski definition) is 0. The molecule has 1 aliphatic carbocycles. The van der Waals surface area contributed by atoms with Gasteiger partial charge in [-0.3, -0.25) is 0 Å². The van der Waals surface area contributed by atoms with Crippen molar-refractivity contribution >= 4 is 39.1 Å². The van der Waals surface area contributed by atoms with Gasteiger partial charge in [-0.15, -0.1) is 0 Å². The SMILES string of the molecule is Clc1cccc(-c2cc(Br)nc(C3CC3)n2)c1Cl. The smallest absolute Gasteiger partial charge is 0.133 e. The molecule has 0 N–H and O–H groups in total. The number of benzene rings is 1. The summed E-state index contributed by atoms with van der Waals surface area (Å²) in [4.78, 5) is 8.99. The number of hydrogen-bond acceptors (Lipinski definition) is 2. The predicted molar refractivity (Wildman–Crippen MR) is 77.2 cm³/mol. The molecule has 3 rings (SSSR count). The average Bonchev–Trinajstić information content (AvgIpc) is 3.16. The first-order chi connectivity index (χ1) is 8.65. The molecule has 5 heteroatoms. The molecular weight excluding hydrogens is 335 g/mol. The minimum Gasteiger partial charge on any atom is -0.232 e. The van der Waals surface area contributed by atoms with Gasteiger partial charge >= 0.3 is 0 Å². The Balaban J connectivity index is 2.13. The third-order valence-corrected chi connectivity index (χ3v) is 4.11. The molecule has 2 aromatic rings. The lowest BCUT2D eigenvalue weighted by Crippen LogP contribution is -1.96. The molecule has 1 aliphatic rings. The van der Waals surface area contributed by atoms with Gasteiger partial charge in [0.1, 0.15) is 10.4 Å². The van der Waals surface area contributed by atoms with Crippen LogP contribution >= 0.6 is 39.1 Å². The zero-order valence-corrected chi connectivity index (χ0v) is 12.4. The van der Waals surface area contributed by atoms with E-state index in [1.54, 1.807) is 6.07 Å². The summed E-state index contributed by atoms with van der Waals surface area (Å²) in [5.74, 6) is 1.38. The first kappa shape index (κ1) is 12.4. The van der Waals surface area contributed by atoms with Crippen LogP contribution in [-0.4, -0.2) is 9.97 Å². The Hall–Kier alpha value is -0.640. The van der Waals surface area contributed by atoms with Crippen LogP contribution in [0, 0.1) is 0 Å². The van der Waals surface area contributed by atoms with E-state index >= 15 is 0 Å². The average molecular weight is 344 g/mol. The Morgan fingerprint density at radius 3 is 2.67 bits per heavy atom. The molecule has 0 unspecified atom stereocenters. The second-order valence-electron chi connectivity index (χ2n) is 4.31. The van der Waals surface area contributed by atoms with Crippen molar-refractivity contribution in [2.45, 2.75) is 18.8 Å². The number of nitrogens with zero attached hydrogens (tertiary/aromatic N) is 2. The topological polar surface area (TPSA) is 25.8 Å². The molecule has 0 bridgehead atoms. The zero-order valence-electron chi connectivity index (χ0n) is 9.33. The maximum atomic E-state index is 6.22. The largest absolute Gasteiger partial charge is 0.232 e. The number of aromatic nitrogens is 2. The van der Waals surface area contributed by atoms with Crippen molar-refractivity contribution in [3.63, 3.8) is 0 Å². The highest BCUT2D eigenvalue weighted by molar-refractivity contribution is 9.10. The third kappa shape index (κ3) is 2.40. The molecule has 0 radical (unpaired) electrons. The summed E-state index contributed by atoms with van der Waals surface area (Å²) in [6.07, 6.45) is 2.33. The highest BCUT2D eigenvalue weighted by Gasteiger charge is 2.27. The van der Waals surface area contributed by atoms with Crippen LogP contribution < -0.4 is 0 Å². The van der Waals surface area contributed by atoms with E-state index < -0.39 is 0 Å². The molecule has 2 nitrogen and oxygen atoms in total. The Morgan fingerprint density at radius 1 is 1.17 bits per heavy atom. The Kier molecular flexibility index (Phi) is 3.31. The van der Waals surface area contributed by atoms with Gasteiger partial charge in [0.25, 0.3) is 0 Å². The minimum atomic E-state index is 0.499. The summed E-state index contributed by atoms with van der Waals surface area (Å²) < 4.78 is 0.783. The van der Waals surface area contributed by atoms with Gasteiger partial charge in [-0.1, -0.05) is 35.3 Å². The van der Waals surface area contributed by atoms with Crippen LogP contribution in [0.1, 0.15) is 24.6 Å². The highest BCUT2D eigenvalue weighted by atomic mass is 79.9. The molecule has 0 saturated heterocycles. The fraction of sp³-hybridized carbons (Fsp3) is 0.231. The minimum absolute atomic E-state index is 0.499. The van der Waals surface area contributed by atoms with Gasteiger partial charge in [0, 0.05) is 11.5 Å². The van der Waals surface area contributed by atoms with E-state index in [9.17, 15) is 0 Å². The van der Waals surface area contributed by atoms with Gasteiger partial charge < -0.3 is 0 Å². The molecule has 0 spiro atoms. The van der Waals surface area contributed by atoms with Crippen LogP contribution in [0.4, 0.5) is 0 Å². The fourth-order valence-corrected chi connectivity index (χ4v) is 2.59. The van der Waals surface area contributed by atoms with Gasteiger partial charge in [0.05, 0.1) is 15.7 Å². The summed E-state index contributed by atoms with van der Waals surface area (Å²) in [6.45, 7) is 0. The van der Waals surface area contributed by atoms with Crippen LogP contribution in [0.5, 0.6) is 0 Å². The second-order valence-corrected chi connectivity index (χ2v) is 5.91. The lowest BCUT2D eigenvalue weighted by Gasteiger charge is -2.07. The molecule has 0 amide bonds.